The molecule has 1 aromatic carbocycles. The number of carbonyl (C=O) groups is 1. The Morgan fingerprint density at radius 2 is 2.04 bits per heavy atom. The second-order valence-electron chi connectivity index (χ2n) is 7.23. The van der Waals surface area contributed by atoms with Crippen LogP contribution in [0.3, 0.4) is 0 Å². The van der Waals surface area contributed by atoms with E-state index < -0.39 is 0 Å². The minimum atomic E-state index is 0.0670. The largest absolute Gasteiger partial charge is 0.376 e. The zero-order chi connectivity index (χ0) is 17.8. The van der Waals surface area contributed by atoms with Gasteiger partial charge in [0.05, 0.1) is 29.9 Å². The molecule has 0 saturated carbocycles. The molecule has 1 amide bonds. The third kappa shape index (κ3) is 4.05. The van der Waals surface area contributed by atoms with Gasteiger partial charge >= 0.3 is 0 Å². The van der Waals surface area contributed by atoms with Gasteiger partial charge in [0.25, 0.3) is 5.91 Å². The summed E-state index contributed by atoms with van der Waals surface area (Å²) in [7, 11) is 0. The van der Waals surface area contributed by atoms with E-state index in [1.165, 1.54) is 12.8 Å². The van der Waals surface area contributed by atoms with Gasteiger partial charge in [-0.2, -0.15) is 0 Å². The zero-order valence-electron chi connectivity index (χ0n) is 15.1. The van der Waals surface area contributed by atoms with Crippen LogP contribution in [0.2, 0.25) is 0 Å². The Bertz CT molecular complexity index is 750. The van der Waals surface area contributed by atoms with E-state index in [4.69, 9.17) is 9.47 Å². The highest BCUT2D eigenvalue weighted by atomic mass is 16.5. The second-order valence-corrected chi connectivity index (χ2v) is 7.23. The van der Waals surface area contributed by atoms with Crippen LogP contribution in [-0.2, 0) is 9.47 Å². The molecule has 26 heavy (non-hydrogen) atoms. The molecular weight excluding hydrogens is 328 g/mol. The lowest BCUT2D eigenvalue weighted by atomic mass is 10.1. The van der Waals surface area contributed by atoms with E-state index in [1.54, 1.807) is 6.20 Å². The summed E-state index contributed by atoms with van der Waals surface area (Å²) in [5, 5.41) is 1.00. The molecule has 2 aliphatic rings. The molecule has 0 aliphatic carbocycles. The fourth-order valence-electron chi connectivity index (χ4n) is 3.78. The predicted molar refractivity (Wildman–Crippen MR) is 100 cm³/mol. The lowest BCUT2D eigenvalue weighted by Crippen LogP contribution is -2.41. The number of likely N-dealkylation sites (tertiary alicyclic amines) is 1. The fraction of sp³-hybridized carbons (Fsp3) is 0.524. The van der Waals surface area contributed by atoms with E-state index in [2.05, 4.69) is 4.98 Å². The van der Waals surface area contributed by atoms with Gasteiger partial charge in [-0.25, -0.2) is 0 Å². The Morgan fingerprint density at radius 1 is 1.19 bits per heavy atom. The average Bonchev–Trinajstić information content (AvgIpc) is 2.72. The molecule has 0 radical (unpaired) electrons. The monoisotopic (exact) mass is 354 g/mol. The molecule has 138 valence electrons. The molecule has 5 heteroatoms. The first-order valence-corrected chi connectivity index (χ1v) is 9.67. The predicted octanol–water partition coefficient (Wildman–Crippen LogP) is 3.43. The molecule has 0 spiro atoms. The molecule has 1 aromatic heterocycles. The van der Waals surface area contributed by atoms with Crippen LogP contribution in [0.4, 0.5) is 0 Å². The van der Waals surface area contributed by atoms with E-state index in [0.717, 1.165) is 49.9 Å². The van der Waals surface area contributed by atoms with Crippen molar-refractivity contribution in [2.75, 3.05) is 26.3 Å². The molecule has 3 heterocycles. The standard InChI is InChI=1S/C21H26N2O3/c24-21(17-13-16-5-1-2-7-20(16)22-14-17)23-10-8-18(9-11-23)26-15-19-6-3-4-12-25-19/h1-2,5,7,13-14,18-19H,3-4,6,8-12,15H2. The van der Waals surface area contributed by atoms with Crippen molar-refractivity contribution < 1.29 is 14.3 Å². The van der Waals surface area contributed by atoms with Crippen LogP contribution in [0.5, 0.6) is 0 Å². The maximum Gasteiger partial charge on any atom is 0.255 e. The number of ether oxygens (including phenoxy) is 2. The number of carbonyl (C=O) groups excluding carboxylic acids is 1. The highest BCUT2D eigenvalue weighted by molar-refractivity contribution is 5.97. The van der Waals surface area contributed by atoms with Crippen molar-refractivity contribution >= 4 is 16.8 Å². The summed E-state index contributed by atoms with van der Waals surface area (Å²) in [6, 6.07) is 9.82. The number of hydrogen-bond acceptors (Lipinski definition) is 4. The lowest BCUT2D eigenvalue weighted by Gasteiger charge is -2.33. The molecule has 2 aliphatic heterocycles. The van der Waals surface area contributed by atoms with Gasteiger partial charge in [-0.1, -0.05) is 18.2 Å². The van der Waals surface area contributed by atoms with E-state index >= 15 is 0 Å². The molecule has 5 nitrogen and oxygen atoms in total. The Labute approximate surface area is 154 Å². The summed E-state index contributed by atoms with van der Waals surface area (Å²) in [5.74, 6) is 0.0670. The summed E-state index contributed by atoms with van der Waals surface area (Å²) < 4.78 is 11.8. The average molecular weight is 354 g/mol. The Morgan fingerprint density at radius 3 is 2.85 bits per heavy atom. The van der Waals surface area contributed by atoms with Crippen LogP contribution in [0.15, 0.2) is 36.5 Å². The second kappa shape index (κ2) is 8.14. The fourth-order valence-corrected chi connectivity index (χ4v) is 3.78. The number of pyridine rings is 1. The smallest absolute Gasteiger partial charge is 0.255 e. The van der Waals surface area contributed by atoms with Crippen LogP contribution >= 0.6 is 0 Å². The zero-order valence-corrected chi connectivity index (χ0v) is 15.1. The quantitative estimate of drug-likeness (QED) is 0.844. The van der Waals surface area contributed by atoms with Gasteiger partial charge in [0, 0.05) is 31.3 Å². The molecule has 2 saturated heterocycles. The van der Waals surface area contributed by atoms with Gasteiger partial charge in [0.1, 0.15) is 0 Å². The highest BCUT2D eigenvalue weighted by Gasteiger charge is 2.25. The summed E-state index contributed by atoms with van der Waals surface area (Å²) >= 11 is 0. The number of piperidine rings is 1. The lowest BCUT2D eigenvalue weighted by molar-refractivity contribution is -0.0733. The molecular formula is C21H26N2O3. The van der Waals surface area contributed by atoms with Gasteiger partial charge in [0.2, 0.25) is 0 Å². The molecule has 2 aromatic rings. The molecule has 1 atom stereocenters. The first-order valence-electron chi connectivity index (χ1n) is 9.67. The third-order valence-electron chi connectivity index (χ3n) is 5.36. The summed E-state index contributed by atoms with van der Waals surface area (Å²) in [6.45, 7) is 3.03. The minimum Gasteiger partial charge on any atom is -0.376 e. The summed E-state index contributed by atoms with van der Waals surface area (Å²) in [5.41, 5.74) is 1.58. The van der Waals surface area contributed by atoms with Gasteiger partial charge in [-0.3, -0.25) is 9.78 Å². The van der Waals surface area contributed by atoms with Gasteiger partial charge in [-0.05, 0) is 44.2 Å². The summed E-state index contributed by atoms with van der Waals surface area (Å²) in [6.07, 6.45) is 7.46. The minimum absolute atomic E-state index is 0.0670. The van der Waals surface area contributed by atoms with Crippen LogP contribution in [0.1, 0.15) is 42.5 Å². The van der Waals surface area contributed by atoms with Crippen molar-refractivity contribution in [3.63, 3.8) is 0 Å². The first-order chi connectivity index (χ1) is 12.8. The van der Waals surface area contributed by atoms with E-state index in [1.807, 2.05) is 35.2 Å². The SMILES string of the molecule is O=C(c1cnc2ccccc2c1)N1CCC(OCC2CCCCO2)CC1. The molecule has 0 bridgehead atoms. The van der Waals surface area contributed by atoms with E-state index in [0.29, 0.717) is 12.2 Å². The van der Waals surface area contributed by atoms with Crippen molar-refractivity contribution in [1.82, 2.24) is 9.88 Å². The number of amides is 1. The van der Waals surface area contributed by atoms with Crippen molar-refractivity contribution in [3.8, 4) is 0 Å². The van der Waals surface area contributed by atoms with Crippen LogP contribution in [0, 0.1) is 0 Å². The number of aromatic nitrogens is 1. The normalized spacial score (nSPS) is 21.8. The number of hydrogen-bond donors (Lipinski definition) is 0. The Kier molecular flexibility index (Phi) is 5.46. The Hall–Kier alpha value is -1.98. The van der Waals surface area contributed by atoms with Gasteiger partial charge < -0.3 is 14.4 Å². The van der Waals surface area contributed by atoms with Crippen LogP contribution < -0.4 is 0 Å². The topological polar surface area (TPSA) is 51.7 Å². The van der Waals surface area contributed by atoms with Crippen molar-refractivity contribution in [2.45, 2.75) is 44.3 Å². The van der Waals surface area contributed by atoms with Crippen LogP contribution in [0.25, 0.3) is 10.9 Å². The maximum absolute atomic E-state index is 12.8. The van der Waals surface area contributed by atoms with Crippen molar-refractivity contribution in [3.05, 3.63) is 42.1 Å². The Balaban J connectivity index is 1.29. The van der Waals surface area contributed by atoms with E-state index in [-0.39, 0.29) is 18.1 Å². The summed E-state index contributed by atoms with van der Waals surface area (Å²) in [4.78, 5) is 19.1. The van der Waals surface area contributed by atoms with Gasteiger partial charge in [0.15, 0.2) is 0 Å². The van der Waals surface area contributed by atoms with Crippen molar-refractivity contribution in [1.29, 1.82) is 0 Å². The molecule has 4 rings (SSSR count). The maximum atomic E-state index is 12.8. The number of para-hydroxylation sites is 1. The van der Waals surface area contributed by atoms with Gasteiger partial charge in [-0.15, -0.1) is 0 Å². The van der Waals surface area contributed by atoms with Crippen molar-refractivity contribution in [2.24, 2.45) is 0 Å². The number of fused-ring (bicyclic) bond motifs is 1. The number of nitrogens with zero attached hydrogens (tertiary/aromatic N) is 2. The number of rotatable bonds is 4. The van der Waals surface area contributed by atoms with E-state index in [9.17, 15) is 4.79 Å². The molecule has 2 fully saturated rings. The van der Waals surface area contributed by atoms with Crippen LogP contribution in [-0.4, -0.2) is 54.3 Å². The third-order valence-corrected chi connectivity index (χ3v) is 5.36. The number of benzene rings is 1. The first kappa shape index (κ1) is 17.4. The molecule has 0 N–H and O–H groups in total. The molecule has 1 unspecified atom stereocenters. The highest BCUT2D eigenvalue weighted by Crippen LogP contribution is 2.20.